The highest BCUT2D eigenvalue weighted by Gasteiger charge is 2.09. The van der Waals surface area contributed by atoms with Crippen molar-refractivity contribution >= 4 is 11.3 Å². The minimum absolute atomic E-state index is 0.385. The molecule has 19 heavy (non-hydrogen) atoms. The van der Waals surface area contributed by atoms with Gasteiger partial charge in [-0.1, -0.05) is 12.1 Å². The molecule has 2 rings (SSSR count). The number of hydrogen-bond donors (Lipinski definition) is 1. The summed E-state index contributed by atoms with van der Waals surface area (Å²) < 4.78 is 5.52. The van der Waals surface area contributed by atoms with Crippen molar-refractivity contribution in [3.63, 3.8) is 0 Å². The fourth-order valence-corrected chi connectivity index (χ4v) is 3.06. The van der Waals surface area contributed by atoms with Gasteiger partial charge >= 0.3 is 0 Å². The highest BCUT2D eigenvalue weighted by atomic mass is 32.1. The van der Waals surface area contributed by atoms with Gasteiger partial charge in [0.1, 0.15) is 5.75 Å². The molecule has 0 saturated heterocycles. The first-order valence-electron chi connectivity index (χ1n) is 6.69. The van der Waals surface area contributed by atoms with Crippen LogP contribution in [0.2, 0.25) is 0 Å². The molecule has 1 heterocycles. The summed E-state index contributed by atoms with van der Waals surface area (Å²) in [5.74, 6) is 0.946. The standard InChI is InChI=1S/C16H21NOS/c1-4-18-15-7-5-6-14(10-15)11-17-13(3)16-12(2)8-9-19-16/h5-10,13,17H,4,11H2,1-3H3. The second kappa shape index (κ2) is 6.73. The summed E-state index contributed by atoms with van der Waals surface area (Å²) in [6.45, 7) is 7.96. The van der Waals surface area contributed by atoms with E-state index in [0.29, 0.717) is 12.6 Å². The molecule has 0 bridgehead atoms. The van der Waals surface area contributed by atoms with E-state index in [-0.39, 0.29) is 0 Å². The molecule has 0 saturated carbocycles. The van der Waals surface area contributed by atoms with Gasteiger partial charge in [-0.2, -0.15) is 0 Å². The monoisotopic (exact) mass is 275 g/mol. The van der Waals surface area contributed by atoms with Crippen LogP contribution in [0.4, 0.5) is 0 Å². The van der Waals surface area contributed by atoms with Crippen LogP contribution in [0.25, 0.3) is 0 Å². The van der Waals surface area contributed by atoms with E-state index in [1.54, 1.807) is 0 Å². The predicted molar refractivity (Wildman–Crippen MR) is 81.9 cm³/mol. The summed E-state index contributed by atoms with van der Waals surface area (Å²) in [5.41, 5.74) is 2.63. The first kappa shape index (κ1) is 14.1. The Labute approximate surface area is 119 Å². The van der Waals surface area contributed by atoms with Crippen LogP contribution in [0.5, 0.6) is 5.75 Å². The Morgan fingerprint density at radius 3 is 2.84 bits per heavy atom. The highest BCUT2D eigenvalue weighted by Crippen LogP contribution is 2.24. The van der Waals surface area contributed by atoms with Gasteiger partial charge in [-0.3, -0.25) is 0 Å². The first-order valence-corrected chi connectivity index (χ1v) is 7.57. The van der Waals surface area contributed by atoms with Gasteiger partial charge < -0.3 is 10.1 Å². The molecule has 1 aromatic carbocycles. The molecule has 2 nitrogen and oxygen atoms in total. The number of nitrogens with one attached hydrogen (secondary N) is 1. The molecule has 0 spiro atoms. The van der Waals surface area contributed by atoms with Crippen molar-refractivity contribution < 1.29 is 4.74 Å². The zero-order valence-electron chi connectivity index (χ0n) is 11.8. The lowest BCUT2D eigenvalue weighted by Crippen LogP contribution is -2.17. The first-order chi connectivity index (χ1) is 9.20. The molecule has 1 unspecified atom stereocenters. The molecule has 0 amide bonds. The molecule has 0 fully saturated rings. The van der Waals surface area contributed by atoms with Crippen LogP contribution < -0.4 is 10.1 Å². The lowest BCUT2D eigenvalue weighted by molar-refractivity contribution is 0.339. The number of rotatable bonds is 6. The summed E-state index contributed by atoms with van der Waals surface area (Å²) in [4.78, 5) is 1.42. The minimum Gasteiger partial charge on any atom is -0.494 e. The van der Waals surface area contributed by atoms with Crippen molar-refractivity contribution in [1.82, 2.24) is 5.32 Å². The molecular formula is C16H21NOS. The van der Waals surface area contributed by atoms with E-state index in [4.69, 9.17) is 4.74 Å². The molecule has 102 valence electrons. The van der Waals surface area contributed by atoms with Crippen molar-refractivity contribution in [2.75, 3.05) is 6.61 Å². The molecule has 0 aliphatic heterocycles. The van der Waals surface area contributed by atoms with Gasteiger partial charge in [-0.05, 0) is 55.5 Å². The van der Waals surface area contributed by atoms with Crippen LogP contribution in [0, 0.1) is 6.92 Å². The number of aryl methyl sites for hydroxylation is 1. The van der Waals surface area contributed by atoms with Gasteiger partial charge in [0.05, 0.1) is 6.61 Å². The molecule has 1 atom stereocenters. The Bertz CT molecular complexity index is 521. The zero-order chi connectivity index (χ0) is 13.7. The van der Waals surface area contributed by atoms with Gasteiger partial charge in [-0.15, -0.1) is 11.3 Å². The van der Waals surface area contributed by atoms with E-state index in [0.717, 1.165) is 12.3 Å². The van der Waals surface area contributed by atoms with Gasteiger partial charge in [0, 0.05) is 17.5 Å². The zero-order valence-corrected chi connectivity index (χ0v) is 12.6. The van der Waals surface area contributed by atoms with E-state index >= 15 is 0 Å². The van der Waals surface area contributed by atoms with E-state index in [9.17, 15) is 0 Å². The van der Waals surface area contributed by atoms with Crippen molar-refractivity contribution in [3.05, 3.63) is 51.7 Å². The van der Waals surface area contributed by atoms with Gasteiger partial charge in [0.15, 0.2) is 0 Å². The smallest absolute Gasteiger partial charge is 0.119 e. The molecule has 0 radical (unpaired) electrons. The predicted octanol–water partition coefficient (Wildman–Crippen LogP) is 4.31. The van der Waals surface area contributed by atoms with E-state index in [2.05, 4.69) is 42.7 Å². The fraction of sp³-hybridized carbons (Fsp3) is 0.375. The van der Waals surface area contributed by atoms with E-state index in [1.807, 2.05) is 30.4 Å². The highest BCUT2D eigenvalue weighted by molar-refractivity contribution is 7.10. The van der Waals surface area contributed by atoms with Gasteiger partial charge in [0.25, 0.3) is 0 Å². The van der Waals surface area contributed by atoms with Crippen LogP contribution in [0.1, 0.15) is 35.9 Å². The lowest BCUT2D eigenvalue weighted by Gasteiger charge is -2.14. The minimum atomic E-state index is 0.385. The summed E-state index contributed by atoms with van der Waals surface area (Å²) in [6, 6.07) is 10.8. The van der Waals surface area contributed by atoms with Gasteiger partial charge in [-0.25, -0.2) is 0 Å². The molecule has 1 N–H and O–H groups in total. The van der Waals surface area contributed by atoms with E-state index in [1.165, 1.54) is 16.0 Å². The van der Waals surface area contributed by atoms with Crippen molar-refractivity contribution in [3.8, 4) is 5.75 Å². The Morgan fingerprint density at radius 2 is 2.16 bits per heavy atom. The number of hydrogen-bond acceptors (Lipinski definition) is 3. The van der Waals surface area contributed by atoms with Crippen LogP contribution >= 0.6 is 11.3 Å². The van der Waals surface area contributed by atoms with Crippen molar-refractivity contribution in [2.24, 2.45) is 0 Å². The maximum atomic E-state index is 5.52. The molecule has 2 aromatic rings. The average molecular weight is 275 g/mol. The second-order valence-electron chi connectivity index (χ2n) is 4.65. The fourth-order valence-electron chi connectivity index (χ4n) is 2.10. The average Bonchev–Trinajstić information content (AvgIpc) is 2.83. The van der Waals surface area contributed by atoms with Crippen LogP contribution in [-0.4, -0.2) is 6.61 Å². The number of ether oxygens (including phenoxy) is 1. The number of benzene rings is 1. The molecule has 1 aromatic heterocycles. The van der Waals surface area contributed by atoms with E-state index < -0.39 is 0 Å². The summed E-state index contributed by atoms with van der Waals surface area (Å²) in [7, 11) is 0. The Balaban J connectivity index is 1.95. The second-order valence-corrected chi connectivity index (χ2v) is 5.60. The SMILES string of the molecule is CCOc1cccc(CNC(C)c2sccc2C)c1. The third-order valence-electron chi connectivity index (χ3n) is 3.12. The molecule has 0 aliphatic rings. The largest absolute Gasteiger partial charge is 0.494 e. The maximum absolute atomic E-state index is 5.52. The molecular weight excluding hydrogens is 254 g/mol. The normalized spacial score (nSPS) is 12.4. The van der Waals surface area contributed by atoms with Crippen molar-refractivity contribution in [2.45, 2.75) is 33.4 Å². The third-order valence-corrected chi connectivity index (χ3v) is 4.32. The maximum Gasteiger partial charge on any atom is 0.119 e. The molecule has 0 aliphatic carbocycles. The quantitative estimate of drug-likeness (QED) is 0.848. The topological polar surface area (TPSA) is 21.3 Å². The molecule has 3 heteroatoms. The summed E-state index contributed by atoms with van der Waals surface area (Å²) >= 11 is 1.82. The Kier molecular flexibility index (Phi) is 5.00. The summed E-state index contributed by atoms with van der Waals surface area (Å²) in [5, 5.41) is 5.72. The van der Waals surface area contributed by atoms with Crippen molar-refractivity contribution in [1.29, 1.82) is 0 Å². The van der Waals surface area contributed by atoms with Gasteiger partial charge in [0.2, 0.25) is 0 Å². The summed E-state index contributed by atoms with van der Waals surface area (Å²) in [6.07, 6.45) is 0. The third kappa shape index (κ3) is 3.82. The Morgan fingerprint density at radius 1 is 1.32 bits per heavy atom. The van der Waals surface area contributed by atoms with Crippen LogP contribution in [0.3, 0.4) is 0 Å². The van der Waals surface area contributed by atoms with Crippen LogP contribution in [0.15, 0.2) is 35.7 Å². The van der Waals surface area contributed by atoms with Crippen LogP contribution in [-0.2, 0) is 6.54 Å². The Hall–Kier alpha value is -1.32. The number of thiophene rings is 1. The lowest BCUT2D eigenvalue weighted by atomic mass is 10.1.